The Balaban J connectivity index is 1.77. The van der Waals surface area contributed by atoms with E-state index in [4.69, 9.17) is 4.74 Å². The second-order valence-corrected chi connectivity index (χ2v) is 8.28. The number of anilines is 1. The number of hydrogen-bond donors (Lipinski definition) is 1. The van der Waals surface area contributed by atoms with Crippen LogP contribution in [0, 0.1) is 6.92 Å². The average molecular weight is 389 g/mol. The number of methoxy groups -OCH3 is 1. The molecule has 1 N–H and O–H groups in total. The van der Waals surface area contributed by atoms with E-state index in [0.717, 1.165) is 18.6 Å². The minimum atomic E-state index is -3.84. The van der Waals surface area contributed by atoms with Crippen LogP contribution in [0.25, 0.3) is 0 Å². The lowest BCUT2D eigenvalue weighted by molar-refractivity contribution is 0.0600. The van der Waals surface area contributed by atoms with Gasteiger partial charge in [-0.3, -0.25) is 4.72 Å². The molecule has 0 heterocycles. The SMILES string of the molecule is COC(=O)c1ccc(C)c(S(=O)(=O)Nc2ccc(OC3CCCC3)cc2)c1. The van der Waals surface area contributed by atoms with E-state index in [1.165, 1.54) is 32.1 Å². The van der Waals surface area contributed by atoms with Crippen LogP contribution in [0.5, 0.6) is 5.75 Å². The van der Waals surface area contributed by atoms with Crippen LogP contribution in [0.2, 0.25) is 0 Å². The lowest BCUT2D eigenvalue weighted by atomic mass is 10.1. The van der Waals surface area contributed by atoms with Gasteiger partial charge >= 0.3 is 5.97 Å². The molecule has 0 aromatic heterocycles. The molecule has 0 amide bonds. The predicted molar refractivity (Wildman–Crippen MR) is 103 cm³/mol. The number of ether oxygens (including phenoxy) is 2. The van der Waals surface area contributed by atoms with Gasteiger partial charge in [-0.2, -0.15) is 0 Å². The minimum Gasteiger partial charge on any atom is -0.490 e. The van der Waals surface area contributed by atoms with Gasteiger partial charge in [0.05, 0.1) is 23.7 Å². The Bertz CT molecular complexity index is 916. The Kier molecular flexibility index (Phi) is 5.70. The number of esters is 1. The quantitative estimate of drug-likeness (QED) is 0.758. The molecule has 2 aromatic carbocycles. The molecule has 0 spiro atoms. The minimum absolute atomic E-state index is 0.0386. The molecule has 0 unspecified atom stereocenters. The van der Waals surface area contributed by atoms with Gasteiger partial charge in [0.1, 0.15) is 5.75 Å². The third-order valence-electron chi connectivity index (χ3n) is 4.61. The van der Waals surface area contributed by atoms with Gasteiger partial charge in [-0.05, 0) is 74.6 Å². The normalized spacial score (nSPS) is 14.7. The van der Waals surface area contributed by atoms with Gasteiger partial charge in [-0.1, -0.05) is 6.07 Å². The zero-order chi connectivity index (χ0) is 19.4. The van der Waals surface area contributed by atoms with E-state index >= 15 is 0 Å². The molecule has 0 aliphatic heterocycles. The molecule has 0 atom stereocenters. The summed E-state index contributed by atoms with van der Waals surface area (Å²) in [6, 6.07) is 11.3. The molecule has 6 nitrogen and oxygen atoms in total. The molecular formula is C20H23NO5S. The monoisotopic (exact) mass is 389 g/mol. The first-order valence-corrected chi connectivity index (χ1v) is 10.4. The summed E-state index contributed by atoms with van der Waals surface area (Å²) < 4.78 is 38.6. The fourth-order valence-corrected chi connectivity index (χ4v) is 4.48. The second kappa shape index (κ2) is 8.00. The van der Waals surface area contributed by atoms with Crippen molar-refractivity contribution in [2.24, 2.45) is 0 Å². The van der Waals surface area contributed by atoms with E-state index in [1.54, 1.807) is 37.3 Å². The molecule has 0 saturated heterocycles. The van der Waals surface area contributed by atoms with Crippen molar-refractivity contribution in [1.82, 2.24) is 0 Å². The molecule has 2 aromatic rings. The standard InChI is InChI=1S/C20H23NO5S/c1-14-7-8-15(20(22)25-2)13-19(14)27(23,24)21-16-9-11-18(12-10-16)26-17-5-3-4-6-17/h7-13,17,21H,3-6H2,1-2H3. The highest BCUT2D eigenvalue weighted by Crippen LogP contribution is 2.26. The maximum absolute atomic E-state index is 12.8. The van der Waals surface area contributed by atoms with Crippen LogP contribution in [-0.4, -0.2) is 27.6 Å². The van der Waals surface area contributed by atoms with Crippen molar-refractivity contribution in [1.29, 1.82) is 0 Å². The highest BCUT2D eigenvalue weighted by molar-refractivity contribution is 7.92. The molecular weight excluding hydrogens is 366 g/mol. The van der Waals surface area contributed by atoms with Crippen molar-refractivity contribution in [3.63, 3.8) is 0 Å². The number of hydrogen-bond acceptors (Lipinski definition) is 5. The van der Waals surface area contributed by atoms with Gasteiger partial charge in [0.15, 0.2) is 0 Å². The molecule has 1 saturated carbocycles. The van der Waals surface area contributed by atoms with Crippen molar-refractivity contribution in [3.8, 4) is 5.75 Å². The van der Waals surface area contributed by atoms with E-state index in [-0.39, 0.29) is 16.6 Å². The van der Waals surface area contributed by atoms with Gasteiger partial charge in [-0.25, -0.2) is 13.2 Å². The zero-order valence-corrected chi connectivity index (χ0v) is 16.2. The van der Waals surface area contributed by atoms with Gasteiger partial charge in [-0.15, -0.1) is 0 Å². The summed E-state index contributed by atoms with van der Waals surface area (Å²) in [6.45, 7) is 1.67. The average Bonchev–Trinajstić information content (AvgIpc) is 3.16. The van der Waals surface area contributed by atoms with E-state index in [1.807, 2.05) is 0 Å². The van der Waals surface area contributed by atoms with Crippen LogP contribution < -0.4 is 9.46 Å². The first kappa shape index (κ1) is 19.2. The molecule has 0 radical (unpaired) electrons. The maximum Gasteiger partial charge on any atom is 0.337 e. The van der Waals surface area contributed by atoms with E-state index < -0.39 is 16.0 Å². The van der Waals surface area contributed by atoms with Gasteiger partial charge in [0.25, 0.3) is 10.0 Å². The number of benzene rings is 2. The summed E-state index contributed by atoms with van der Waals surface area (Å²) in [5, 5.41) is 0. The Morgan fingerprint density at radius 2 is 1.74 bits per heavy atom. The van der Waals surface area contributed by atoms with Gasteiger partial charge in [0, 0.05) is 5.69 Å². The molecule has 1 fully saturated rings. The third-order valence-corrected chi connectivity index (χ3v) is 6.13. The first-order chi connectivity index (χ1) is 12.9. The van der Waals surface area contributed by atoms with Crippen molar-refractivity contribution in [2.45, 2.75) is 43.6 Å². The van der Waals surface area contributed by atoms with Crippen molar-refractivity contribution < 1.29 is 22.7 Å². The number of sulfonamides is 1. The lowest BCUT2D eigenvalue weighted by Crippen LogP contribution is -2.15. The fourth-order valence-electron chi connectivity index (χ4n) is 3.14. The molecule has 1 aliphatic rings. The molecule has 7 heteroatoms. The lowest BCUT2D eigenvalue weighted by Gasteiger charge is -2.14. The van der Waals surface area contributed by atoms with Crippen LogP contribution in [0.3, 0.4) is 0 Å². The first-order valence-electron chi connectivity index (χ1n) is 8.87. The smallest absolute Gasteiger partial charge is 0.337 e. The number of rotatable bonds is 6. The molecule has 144 valence electrons. The largest absolute Gasteiger partial charge is 0.490 e. The summed E-state index contributed by atoms with van der Waals surface area (Å²) in [4.78, 5) is 11.7. The van der Waals surface area contributed by atoms with Crippen LogP contribution in [0.15, 0.2) is 47.4 Å². The summed E-state index contributed by atoms with van der Waals surface area (Å²) in [5.41, 5.74) is 1.15. The molecule has 0 bridgehead atoms. The third kappa shape index (κ3) is 4.60. The van der Waals surface area contributed by atoms with Gasteiger partial charge in [0.2, 0.25) is 0 Å². The highest BCUT2D eigenvalue weighted by atomic mass is 32.2. The number of aryl methyl sites for hydroxylation is 1. The number of carbonyl (C=O) groups excluding carboxylic acids is 1. The Labute approximate surface area is 159 Å². The zero-order valence-electron chi connectivity index (χ0n) is 15.4. The van der Waals surface area contributed by atoms with Crippen LogP contribution in [0.4, 0.5) is 5.69 Å². The van der Waals surface area contributed by atoms with E-state index in [2.05, 4.69) is 9.46 Å². The number of nitrogens with one attached hydrogen (secondary N) is 1. The van der Waals surface area contributed by atoms with E-state index in [9.17, 15) is 13.2 Å². The summed E-state index contributed by atoms with van der Waals surface area (Å²) in [6.07, 6.45) is 4.74. The molecule has 1 aliphatic carbocycles. The Morgan fingerprint density at radius 3 is 2.37 bits per heavy atom. The Hall–Kier alpha value is -2.54. The highest BCUT2D eigenvalue weighted by Gasteiger charge is 2.20. The summed E-state index contributed by atoms with van der Waals surface area (Å²) in [5.74, 6) is 0.147. The fraction of sp³-hybridized carbons (Fsp3) is 0.350. The number of carbonyl (C=O) groups is 1. The summed E-state index contributed by atoms with van der Waals surface area (Å²) in [7, 11) is -2.59. The van der Waals surface area contributed by atoms with Crippen molar-refractivity contribution in [2.75, 3.05) is 11.8 Å². The van der Waals surface area contributed by atoms with Gasteiger partial charge < -0.3 is 9.47 Å². The van der Waals surface area contributed by atoms with Crippen LogP contribution in [0.1, 0.15) is 41.6 Å². The molecule has 3 rings (SSSR count). The predicted octanol–water partition coefficient (Wildman–Crippen LogP) is 3.90. The van der Waals surface area contributed by atoms with Crippen molar-refractivity contribution >= 4 is 21.7 Å². The van der Waals surface area contributed by atoms with E-state index in [0.29, 0.717) is 11.3 Å². The van der Waals surface area contributed by atoms with Crippen LogP contribution in [-0.2, 0) is 14.8 Å². The Morgan fingerprint density at radius 1 is 1.07 bits per heavy atom. The second-order valence-electron chi connectivity index (χ2n) is 6.63. The van der Waals surface area contributed by atoms with Crippen LogP contribution >= 0.6 is 0 Å². The maximum atomic E-state index is 12.8. The topological polar surface area (TPSA) is 81.7 Å². The summed E-state index contributed by atoms with van der Waals surface area (Å²) >= 11 is 0. The molecule has 27 heavy (non-hydrogen) atoms. The van der Waals surface area contributed by atoms with Crippen molar-refractivity contribution in [3.05, 3.63) is 53.6 Å².